The summed E-state index contributed by atoms with van der Waals surface area (Å²) in [5.41, 5.74) is 1.97. The quantitative estimate of drug-likeness (QED) is 0.721. The SMILES string of the molecule is CCOc1cc2ccccc2nc1C. The van der Waals surface area contributed by atoms with Crippen LogP contribution in [0.15, 0.2) is 30.3 Å². The minimum atomic E-state index is 0.681. The molecule has 1 heterocycles. The largest absolute Gasteiger partial charge is 0.492 e. The zero-order chi connectivity index (χ0) is 9.97. The number of nitrogens with zero attached hydrogens (tertiary/aromatic N) is 1. The van der Waals surface area contributed by atoms with E-state index in [1.54, 1.807) is 0 Å². The molecule has 0 bridgehead atoms. The fraction of sp³-hybridized carbons (Fsp3) is 0.250. The lowest BCUT2D eigenvalue weighted by atomic mass is 10.2. The number of para-hydroxylation sites is 1. The van der Waals surface area contributed by atoms with Crippen molar-refractivity contribution in [3.63, 3.8) is 0 Å². The van der Waals surface area contributed by atoms with E-state index in [-0.39, 0.29) is 0 Å². The van der Waals surface area contributed by atoms with Crippen LogP contribution >= 0.6 is 0 Å². The van der Waals surface area contributed by atoms with Crippen LogP contribution in [0.3, 0.4) is 0 Å². The first kappa shape index (κ1) is 9.00. The summed E-state index contributed by atoms with van der Waals surface area (Å²) in [6.07, 6.45) is 0. The van der Waals surface area contributed by atoms with Crippen molar-refractivity contribution in [1.82, 2.24) is 4.98 Å². The average molecular weight is 187 g/mol. The molecule has 72 valence electrons. The highest BCUT2D eigenvalue weighted by Gasteiger charge is 2.02. The molecule has 0 radical (unpaired) electrons. The molecule has 0 aliphatic carbocycles. The van der Waals surface area contributed by atoms with E-state index in [1.807, 2.05) is 44.2 Å². The molecule has 0 saturated carbocycles. The van der Waals surface area contributed by atoms with E-state index in [4.69, 9.17) is 4.74 Å². The van der Waals surface area contributed by atoms with E-state index in [1.165, 1.54) is 0 Å². The third-order valence-corrected chi connectivity index (χ3v) is 2.17. The number of aromatic nitrogens is 1. The molecule has 0 atom stereocenters. The summed E-state index contributed by atoms with van der Waals surface area (Å²) in [7, 11) is 0. The van der Waals surface area contributed by atoms with Gasteiger partial charge in [0.15, 0.2) is 0 Å². The van der Waals surface area contributed by atoms with Crippen LogP contribution in [0.25, 0.3) is 10.9 Å². The fourth-order valence-corrected chi connectivity index (χ4v) is 1.49. The highest BCUT2D eigenvalue weighted by atomic mass is 16.5. The Labute approximate surface area is 83.5 Å². The second-order valence-corrected chi connectivity index (χ2v) is 3.20. The molecule has 14 heavy (non-hydrogen) atoms. The first-order chi connectivity index (χ1) is 6.81. The number of aryl methyl sites for hydroxylation is 1. The van der Waals surface area contributed by atoms with Gasteiger partial charge in [-0.15, -0.1) is 0 Å². The first-order valence-corrected chi connectivity index (χ1v) is 4.80. The Hall–Kier alpha value is -1.57. The molecule has 0 N–H and O–H groups in total. The summed E-state index contributed by atoms with van der Waals surface area (Å²) in [5.74, 6) is 0.881. The maximum Gasteiger partial charge on any atom is 0.141 e. The van der Waals surface area contributed by atoms with Crippen LogP contribution in [0.4, 0.5) is 0 Å². The number of fused-ring (bicyclic) bond motifs is 1. The Balaban J connectivity index is 2.59. The van der Waals surface area contributed by atoms with Crippen LogP contribution in [0, 0.1) is 6.92 Å². The van der Waals surface area contributed by atoms with E-state index in [2.05, 4.69) is 4.98 Å². The maximum atomic E-state index is 5.48. The lowest BCUT2D eigenvalue weighted by molar-refractivity contribution is 0.337. The predicted octanol–water partition coefficient (Wildman–Crippen LogP) is 2.94. The molecule has 2 heteroatoms. The normalized spacial score (nSPS) is 10.4. The molecule has 0 unspecified atom stereocenters. The summed E-state index contributed by atoms with van der Waals surface area (Å²) in [4.78, 5) is 4.47. The number of hydrogen-bond donors (Lipinski definition) is 0. The van der Waals surface area contributed by atoms with E-state index in [0.717, 1.165) is 22.3 Å². The highest BCUT2D eigenvalue weighted by molar-refractivity contribution is 5.80. The number of pyridine rings is 1. The Kier molecular flexibility index (Phi) is 2.35. The van der Waals surface area contributed by atoms with Crippen LogP contribution in [0.1, 0.15) is 12.6 Å². The van der Waals surface area contributed by atoms with Crippen LogP contribution < -0.4 is 4.74 Å². The third-order valence-electron chi connectivity index (χ3n) is 2.17. The summed E-state index contributed by atoms with van der Waals surface area (Å²) in [5, 5.41) is 1.13. The van der Waals surface area contributed by atoms with Gasteiger partial charge in [-0.25, -0.2) is 4.98 Å². The molecule has 0 spiro atoms. The zero-order valence-corrected chi connectivity index (χ0v) is 8.45. The molecule has 1 aromatic heterocycles. The van der Waals surface area contributed by atoms with Gasteiger partial charge < -0.3 is 4.74 Å². The van der Waals surface area contributed by atoms with Crippen molar-refractivity contribution in [3.8, 4) is 5.75 Å². The highest BCUT2D eigenvalue weighted by Crippen LogP contribution is 2.21. The van der Waals surface area contributed by atoms with Gasteiger partial charge in [-0.3, -0.25) is 0 Å². The molecular weight excluding hydrogens is 174 g/mol. The van der Waals surface area contributed by atoms with Crippen molar-refractivity contribution < 1.29 is 4.74 Å². The second kappa shape index (κ2) is 3.66. The van der Waals surface area contributed by atoms with Gasteiger partial charge in [-0.05, 0) is 26.0 Å². The molecule has 2 rings (SSSR count). The van der Waals surface area contributed by atoms with Crippen LogP contribution in [0.5, 0.6) is 5.75 Å². The summed E-state index contributed by atoms with van der Waals surface area (Å²) in [6, 6.07) is 10.1. The van der Waals surface area contributed by atoms with Crippen LogP contribution in [0.2, 0.25) is 0 Å². The number of ether oxygens (including phenoxy) is 1. The minimum absolute atomic E-state index is 0.681. The van der Waals surface area contributed by atoms with Gasteiger partial charge in [-0.2, -0.15) is 0 Å². The van der Waals surface area contributed by atoms with Crippen molar-refractivity contribution >= 4 is 10.9 Å². The van der Waals surface area contributed by atoms with Crippen molar-refractivity contribution in [2.24, 2.45) is 0 Å². The number of rotatable bonds is 2. The van der Waals surface area contributed by atoms with Gasteiger partial charge in [0, 0.05) is 5.39 Å². The summed E-state index contributed by atoms with van der Waals surface area (Å²) >= 11 is 0. The average Bonchev–Trinajstić information content (AvgIpc) is 2.19. The Morgan fingerprint density at radius 2 is 2.07 bits per heavy atom. The molecule has 0 fully saturated rings. The summed E-state index contributed by atoms with van der Waals surface area (Å²) < 4.78 is 5.48. The monoisotopic (exact) mass is 187 g/mol. The molecular formula is C12H13NO. The van der Waals surface area contributed by atoms with Crippen LogP contribution in [-0.4, -0.2) is 11.6 Å². The molecule has 0 aliphatic heterocycles. The molecule has 2 nitrogen and oxygen atoms in total. The van der Waals surface area contributed by atoms with Gasteiger partial charge in [0.25, 0.3) is 0 Å². The smallest absolute Gasteiger partial charge is 0.141 e. The Bertz CT molecular complexity index is 451. The van der Waals surface area contributed by atoms with Crippen molar-refractivity contribution in [2.45, 2.75) is 13.8 Å². The van der Waals surface area contributed by atoms with E-state index in [9.17, 15) is 0 Å². The number of benzene rings is 1. The van der Waals surface area contributed by atoms with Gasteiger partial charge in [0.05, 0.1) is 17.8 Å². The number of hydrogen-bond acceptors (Lipinski definition) is 2. The zero-order valence-electron chi connectivity index (χ0n) is 8.45. The summed E-state index contributed by atoms with van der Waals surface area (Å²) in [6.45, 7) is 4.63. The molecule has 2 aromatic rings. The lowest BCUT2D eigenvalue weighted by Crippen LogP contribution is -1.96. The Morgan fingerprint density at radius 3 is 2.86 bits per heavy atom. The fourth-order valence-electron chi connectivity index (χ4n) is 1.49. The lowest BCUT2D eigenvalue weighted by Gasteiger charge is -2.07. The minimum Gasteiger partial charge on any atom is -0.492 e. The first-order valence-electron chi connectivity index (χ1n) is 4.80. The standard InChI is InChI=1S/C12H13NO/c1-3-14-12-8-10-6-4-5-7-11(10)13-9(12)2/h4-8H,3H2,1-2H3. The molecule has 0 amide bonds. The van der Waals surface area contributed by atoms with Crippen LogP contribution in [-0.2, 0) is 0 Å². The van der Waals surface area contributed by atoms with E-state index < -0.39 is 0 Å². The van der Waals surface area contributed by atoms with Gasteiger partial charge >= 0.3 is 0 Å². The Morgan fingerprint density at radius 1 is 1.29 bits per heavy atom. The van der Waals surface area contributed by atoms with Gasteiger partial charge in [0.1, 0.15) is 5.75 Å². The maximum absolute atomic E-state index is 5.48. The molecule has 0 aliphatic rings. The molecule has 0 saturated heterocycles. The third kappa shape index (κ3) is 1.55. The van der Waals surface area contributed by atoms with Crippen molar-refractivity contribution in [1.29, 1.82) is 0 Å². The molecule has 1 aromatic carbocycles. The van der Waals surface area contributed by atoms with Gasteiger partial charge in [-0.1, -0.05) is 18.2 Å². The second-order valence-electron chi connectivity index (χ2n) is 3.20. The van der Waals surface area contributed by atoms with E-state index in [0.29, 0.717) is 6.61 Å². The van der Waals surface area contributed by atoms with Gasteiger partial charge in [0.2, 0.25) is 0 Å². The van der Waals surface area contributed by atoms with Crippen molar-refractivity contribution in [2.75, 3.05) is 6.61 Å². The van der Waals surface area contributed by atoms with Crippen molar-refractivity contribution in [3.05, 3.63) is 36.0 Å². The topological polar surface area (TPSA) is 22.1 Å². The predicted molar refractivity (Wildman–Crippen MR) is 57.6 cm³/mol. The van der Waals surface area contributed by atoms with E-state index >= 15 is 0 Å².